The van der Waals surface area contributed by atoms with Crippen LogP contribution in [0.25, 0.3) is 0 Å². The molecule has 0 spiro atoms. The first-order valence-corrected chi connectivity index (χ1v) is 5.25. The second kappa shape index (κ2) is 6.32. The van der Waals surface area contributed by atoms with Crippen molar-refractivity contribution in [2.45, 2.75) is 36.5 Å². The van der Waals surface area contributed by atoms with E-state index in [9.17, 15) is 52.7 Å². The Hall–Kier alpha value is -0.880. The summed E-state index contributed by atoms with van der Waals surface area (Å²) < 4.78 is 149. The van der Waals surface area contributed by atoms with Crippen molar-refractivity contribution in [2.24, 2.45) is 0 Å². The van der Waals surface area contributed by atoms with Crippen molar-refractivity contribution in [3.63, 3.8) is 0 Å². The lowest BCUT2D eigenvalue weighted by molar-refractivity contribution is -0.283. The SMILES string of the molecule is CN(CC(F)(F)C(F)(F)C(F)F)CC(F)(F)C(F)(F)C(F)F. The summed E-state index contributed by atoms with van der Waals surface area (Å²) in [7, 11) is 0.185. The van der Waals surface area contributed by atoms with Crippen molar-refractivity contribution < 1.29 is 52.7 Å². The van der Waals surface area contributed by atoms with Gasteiger partial charge in [-0.3, -0.25) is 4.90 Å². The van der Waals surface area contributed by atoms with Crippen LogP contribution in [0.5, 0.6) is 0 Å². The van der Waals surface area contributed by atoms with E-state index >= 15 is 0 Å². The van der Waals surface area contributed by atoms with Crippen molar-refractivity contribution in [2.75, 3.05) is 20.1 Å². The van der Waals surface area contributed by atoms with E-state index in [0.29, 0.717) is 0 Å². The lowest BCUT2D eigenvalue weighted by Crippen LogP contribution is -2.57. The highest BCUT2D eigenvalue weighted by Gasteiger charge is 2.65. The van der Waals surface area contributed by atoms with E-state index in [2.05, 4.69) is 0 Å². The van der Waals surface area contributed by atoms with Crippen LogP contribution < -0.4 is 0 Å². The molecule has 0 rings (SSSR count). The monoisotopic (exact) mass is 359 g/mol. The summed E-state index contributed by atoms with van der Waals surface area (Å²) in [6, 6.07) is 0. The van der Waals surface area contributed by atoms with E-state index in [0.717, 1.165) is 0 Å². The van der Waals surface area contributed by atoms with Gasteiger partial charge in [0.2, 0.25) is 0 Å². The summed E-state index contributed by atoms with van der Waals surface area (Å²) in [6.07, 6.45) is -9.70. The van der Waals surface area contributed by atoms with Crippen LogP contribution in [-0.4, -0.2) is 61.6 Å². The van der Waals surface area contributed by atoms with E-state index in [1.165, 1.54) is 0 Å². The molecule has 0 amide bonds. The molecule has 0 bridgehead atoms. The first kappa shape index (κ1) is 21.1. The largest absolute Gasteiger partial charge is 0.370 e. The lowest BCUT2D eigenvalue weighted by Gasteiger charge is -2.33. The molecule has 22 heavy (non-hydrogen) atoms. The van der Waals surface area contributed by atoms with Gasteiger partial charge in [0.15, 0.2) is 0 Å². The average molecular weight is 359 g/mol. The van der Waals surface area contributed by atoms with Gasteiger partial charge in [0.05, 0.1) is 13.1 Å². The summed E-state index contributed by atoms with van der Waals surface area (Å²) in [5.74, 6) is -22.9. The Bertz CT molecular complexity index is 332. The van der Waals surface area contributed by atoms with Gasteiger partial charge in [-0.15, -0.1) is 0 Å². The normalized spacial score (nSPS) is 15.3. The minimum absolute atomic E-state index is 0.185. The fourth-order valence-electron chi connectivity index (χ4n) is 1.26. The predicted molar refractivity (Wildman–Crippen MR) is 49.3 cm³/mol. The molecule has 0 saturated heterocycles. The zero-order valence-corrected chi connectivity index (χ0v) is 10.6. The highest BCUT2D eigenvalue weighted by atomic mass is 19.4. The fraction of sp³-hybridized carbons (Fsp3) is 1.00. The molecule has 0 radical (unpaired) electrons. The van der Waals surface area contributed by atoms with E-state index in [1.807, 2.05) is 0 Å². The van der Waals surface area contributed by atoms with Crippen LogP contribution in [0.3, 0.4) is 0 Å². The minimum Gasteiger partial charge on any atom is -0.294 e. The van der Waals surface area contributed by atoms with Gasteiger partial charge in [-0.25, -0.2) is 17.6 Å². The minimum atomic E-state index is -5.91. The van der Waals surface area contributed by atoms with Crippen molar-refractivity contribution in [3.8, 4) is 0 Å². The summed E-state index contributed by atoms with van der Waals surface area (Å²) >= 11 is 0. The summed E-state index contributed by atoms with van der Waals surface area (Å²) in [5, 5.41) is 0. The first-order chi connectivity index (χ1) is 9.49. The van der Waals surface area contributed by atoms with E-state index in [1.54, 1.807) is 0 Å². The van der Waals surface area contributed by atoms with Gasteiger partial charge >= 0.3 is 36.5 Å². The van der Waals surface area contributed by atoms with Crippen LogP contribution in [-0.2, 0) is 0 Å². The smallest absolute Gasteiger partial charge is 0.294 e. The van der Waals surface area contributed by atoms with Crippen molar-refractivity contribution in [1.29, 1.82) is 0 Å². The molecule has 134 valence electrons. The van der Waals surface area contributed by atoms with Crippen LogP contribution >= 0.6 is 0 Å². The van der Waals surface area contributed by atoms with Gasteiger partial charge < -0.3 is 0 Å². The van der Waals surface area contributed by atoms with Gasteiger partial charge in [0.25, 0.3) is 0 Å². The molecule has 0 aliphatic heterocycles. The standard InChI is InChI=1S/C9H9F12N/c1-22(2-6(14,15)8(18,19)4(10)11)3-7(16,17)9(20,21)5(12)13/h4-5H,2-3H2,1H3. The molecule has 0 fully saturated rings. The molecular weight excluding hydrogens is 350 g/mol. The maximum absolute atomic E-state index is 12.9. The molecule has 0 aliphatic rings. The topological polar surface area (TPSA) is 3.24 Å². The first-order valence-electron chi connectivity index (χ1n) is 5.25. The highest BCUT2D eigenvalue weighted by molar-refractivity contribution is 4.93. The Balaban J connectivity index is 5.07. The molecular formula is C9H9F12N. The van der Waals surface area contributed by atoms with Crippen molar-refractivity contribution in [1.82, 2.24) is 4.90 Å². The Labute approximate surface area is 115 Å². The Morgan fingerprint density at radius 2 is 0.864 bits per heavy atom. The van der Waals surface area contributed by atoms with Crippen molar-refractivity contribution in [3.05, 3.63) is 0 Å². The maximum Gasteiger partial charge on any atom is 0.370 e. The highest BCUT2D eigenvalue weighted by Crippen LogP contribution is 2.42. The quantitative estimate of drug-likeness (QED) is 0.593. The zero-order valence-electron chi connectivity index (χ0n) is 10.6. The van der Waals surface area contributed by atoms with Crippen LogP contribution in [0.15, 0.2) is 0 Å². The van der Waals surface area contributed by atoms with E-state index < -0.39 is 54.5 Å². The molecule has 0 aromatic heterocycles. The third-order valence-corrected chi connectivity index (χ3v) is 2.46. The van der Waals surface area contributed by atoms with Crippen molar-refractivity contribution >= 4 is 0 Å². The lowest BCUT2D eigenvalue weighted by atomic mass is 10.1. The Morgan fingerprint density at radius 1 is 0.636 bits per heavy atom. The Morgan fingerprint density at radius 3 is 1.05 bits per heavy atom. The van der Waals surface area contributed by atoms with Gasteiger partial charge in [0, 0.05) is 0 Å². The molecule has 0 aromatic rings. The molecule has 1 nitrogen and oxygen atoms in total. The van der Waals surface area contributed by atoms with Crippen LogP contribution in [0.1, 0.15) is 0 Å². The summed E-state index contributed by atoms with van der Waals surface area (Å²) in [5.41, 5.74) is 0. The second-order valence-corrected chi connectivity index (χ2v) is 4.43. The number of nitrogens with zero attached hydrogens (tertiary/aromatic N) is 1. The van der Waals surface area contributed by atoms with Gasteiger partial charge in [-0.1, -0.05) is 0 Å². The summed E-state index contributed by atoms with van der Waals surface area (Å²) in [6.45, 7) is -4.95. The number of hydrogen-bond donors (Lipinski definition) is 0. The Kier molecular flexibility index (Phi) is 6.07. The maximum atomic E-state index is 12.9. The van der Waals surface area contributed by atoms with Gasteiger partial charge in [-0.2, -0.15) is 35.1 Å². The predicted octanol–water partition coefficient (Wildman–Crippen LogP) is 3.99. The zero-order chi connectivity index (χ0) is 18.1. The molecule has 0 aromatic carbocycles. The second-order valence-electron chi connectivity index (χ2n) is 4.43. The van der Waals surface area contributed by atoms with E-state index in [4.69, 9.17) is 0 Å². The fourth-order valence-corrected chi connectivity index (χ4v) is 1.26. The third-order valence-electron chi connectivity index (χ3n) is 2.46. The van der Waals surface area contributed by atoms with Crippen LogP contribution in [0.2, 0.25) is 0 Å². The molecule has 0 unspecified atom stereocenters. The number of alkyl halides is 12. The summed E-state index contributed by atoms with van der Waals surface area (Å²) in [4.78, 5) is -0.563. The van der Waals surface area contributed by atoms with Crippen LogP contribution in [0.4, 0.5) is 52.7 Å². The molecule has 0 atom stereocenters. The van der Waals surface area contributed by atoms with Crippen LogP contribution in [0, 0.1) is 0 Å². The molecule has 0 saturated carbocycles. The molecule has 0 heterocycles. The number of halogens is 12. The van der Waals surface area contributed by atoms with Gasteiger partial charge in [-0.05, 0) is 7.05 Å². The number of rotatable bonds is 8. The third kappa shape index (κ3) is 4.10. The molecule has 0 aliphatic carbocycles. The molecule has 0 N–H and O–H groups in total. The number of hydrogen-bond acceptors (Lipinski definition) is 1. The van der Waals surface area contributed by atoms with E-state index in [-0.39, 0.29) is 7.05 Å². The molecule has 13 heteroatoms. The average Bonchev–Trinajstić information content (AvgIpc) is 2.25. The van der Waals surface area contributed by atoms with Gasteiger partial charge in [0.1, 0.15) is 0 Å².